The first-order valence-electron chi connectivity index (χ1n) is 9.95. The van der Waals surface area contributed by atoms with Crippen molar-refractivity contribution >= 4 is 11.7 Å². The standard InChI is InChI=1S/C22H28N2O3/c1-5-13-12-24-9-8-22-16-7-6-14(26-3)10-17(16)23(2)20(22)18(24)11-15(13)19(22)21(25)27-4/h5-7,10,15,18-20H,8-9,11-12H2,1-4H3/b13-5+. The zero-order valence-electron chi connectivity index (χ0n) is 16.6. The molecule has 1 aromatic rings. The maximum absolute atomic E-state index is 13.2. The minimum absolute atomic E-state index is 0.0461. The van der Waals surface area contributed by atoms with Gasteiger partial charge in [-0.05, 0) is 43.9 Å². The van der Waals surface area contributed by atoms with E-state index in [2.05, 4.69) is 42.0 Å². The van der Waals surface area contributed by atoms with E-state index >= 15 is 0 Å². The van der Waals surface area contributed by atoms with Gasteiger partial charge in [0, 0.05) is 36.8 Å². The molecular weight excluding hydrogens is 340 g/mol. The summed E-state index contributed by atoms with van der Waals surface area (Å²) in [6.07, 6.45) is 4.28. The second-order valence-electron chi connectivity index (χ2n) is 8.47. The lowest BCUT2D eigenvalue weighted by molar-refractivity contribution is -0.158. The van der Waals surface area contributed by atoms with Gasteiger partial charge in [0.2, 0.25) is 0 Å². The lowest BCUT2D eigenvalue weighted by atomic mass is 9.50. The van der Waals surface area contributed by atoms with Crippen LogP contribution in [0.2, 0.25) is 0 Å². The maximum atomic E-state index is 13.2. The summed E-state index contributed by atoms with van der Waals surface area (Å²) in [5.41, 5.74) is 3.74. The van der Waals surface area contributed by atoms with Crippen molar-refractivity contribution in [3.05, 3.63) is 35.4 Å². The van der Waals surface area contributed by atoms with E-state index in [1.807, 2.05) is 6.07 Å². The zero-order chi connectivity index (χ0) is 18.9. The van der Waals surface area contributed by atoms with E-state index in [1.165, 1.54) is 16.8 Å². The fraction of sp³-hybridized carbons (Fsp3) is 0.591. The van der Waals surface area contributed by atoms with Crippen LogP contribution in [0.3, 0.4) is 0 Å². The number of fused-ring (bicyclic) bond motifs is 2. The third-order valence-corrected chi connectivity index (χ3v) is 7.82. The summed E-state index contributed by atoms with van der Waals surface area (Å²) in [7, 11) is 5.44. The number of allylic oxidation sites excluding steroid dienone is 1. The Morgan fingerprint density at radius 1 is 1.33 bits per heavy atom. The van der Waals surface area contributed by atoms with Crippen LogP contribution in [-0.2, 0) is 14.9 Å². The van der Waals surface area contributed by atoms with Crippen molar-refractivity contribution in [3.8, 4) is 5.75 Å². The molecule has 3 heterocycles. The van der Waals surface area contributed by atoms with E-state index in [1.54, 1.807) is 14.2 Å². The quantitative estimate of drug-likeness (QED) is 0.593. The number of carbonyl (C=O) groups is 1. The number of benzene rings is 1. The molecule has 5 atom stereocenters. The van der Waals surface area contributed by atoms with Gasteiger partial charge < -0.3 is 14.4 Å². The molecule has 0 aromatic heterocycles. The first-order valence-corrected chi connectivity index (χ1v) is 9.95. The van der Waals surface area contributed by atoms with Gasteiger partial charge in [-0.25, -0.2) is 0 Å². The van der Waals surface area contributed by atoms with Crippen molar-refractivity contribution in [1.82, 2.24) is 4.90 Å². The fourth-order valence-corrected chi connectivity index (χ4v) is 6.82. The molecule has 3 bridgehead atoms. The smallest absolute Gasteiger partial charge is 0.310 e. The van der Waals surface area contributed by atoms with Crippen molar-refractivity contribution in [1.29, 1.82) is 0 Å². The first kappa shape index (κ1) is 17.1. The molecule has 2 saturated heterocycles. The largest absolute Gasteiger partial charge is 0.497 e. The second-order valence-corrected chi connectivity index (χ2v) is 8.47. The number of rotatable bonds is 2. The Morgan fingerprint density at radius 3 is 2.85 bits per heavy atom. The Balaban J connectivity index is 1.76. The number of likely N-dealkylation sites (N-methyl/N-ethyl adjacent to an activating group) is 1. The van der Waals surface area contributed by atoms with Crippen molar-refractivity contribution in [3.63, 3.8) is 0 Å². The maximum Gasteiger partial charge on any atom is 0.310 e. The van der Waals surface area contributed by atoms with Crippen LogP contribution in [0.4, 0.5) is 5.69 Å². The van der Waals surface area contributed by atoms with Gasteiger partial charge in [0.05, 0.1) is 26.2 Å². The summed E-state index contributed by atoms with van der Waals surface area (Å²) in [6, 6.07) is 7.18. The van der Waals surface area contributed by atoms with Crippen LogP contribution in [0.25, 0.3) is 0 Å². The van der Waals surface area contributed by atoms with E-state index in [-0.39, 0.29) is 23.2 Å². The molecule has 5 rings (SSSR count). The molecule has 5 heteroatoms. The van der Waals surface area contributed by atoms with Gasteiger partial charge >= 0.3 is 5.97 Å². The highest BCUT2D eigenvalue weighted by molar-refractivity contribution is 5.80. The monoisotopic (exact) mass is 368 g/mol. The number of hydrogen-bond acceptors (Lipinski definition) is 5. The highest BCUT2D eigenvalue weighted by atomic mass is 16.5. The van der Waals surface area contributed by atoms with Crippen LogP contribution < -0.4 is 9.64 Å². The van der Waals surface area contributed by atoms with E-state index in [0.717, 1.165) is 31.7 Å². The van der Waals surface area contributed by atoms with Crippen LogP contribution >= 0.6 is 0 Å². The minimum atomic E-state index is -0.178. The number of methoxy groups -OCH3 is 2. The predicted molar refractivity (Wildman–Crippen MR) is 104 cm³/mol. The summed E-state index contributed by atoms with van der Waals surface area (Å²) in [5, 5.41) is 0. The van der Waals surface area contributed by atoms with Gasteiger partial charge in [0.1, 0.15) is 5.75 Å². The molecular formula is C22H28N2O3. The van der Waals surface area contributed by atoms with Gasteiger partial charge in [-0.1, -0.05) is 17.7 Å². The predicted octanol–water partition coefficient (Wildman–Crippen LogP) is 2.59. The Hall–Kier alpha value is -2.01. The molecule has 4 aliphatic rings. The lowest BCUT2D eigenvalue weighted by Gasteiger charge is -2.63. The third-order valence-electron chi connectivity index (χ3n) is 7.82. The molecule has 5 unspecified atom stereocenters. The Labute approximate surface area is 160 Å². The van der Waals surface area contributed by atoms with Gasteiger partial charge in [-0.3, -0.25) is 9.69 Å². The van der Waals surface area contributed by atoms with Crippen LogP contribution in [0.5, 0.6) is 5.75 Å². The van der Waals surface area contributed by atoms with Gasteiger partial charge in [0.15, 0.2) is 0 Å². The average Bonchev–Trinajstić information content (AvgIpc) is 2.96. The normalized spacial score (nSPS) is 37.9. The Kier molecular flexibility index (Phi) is 3.64. The number of hydrogen-bond donors (Lipinski definition) is 0. The SMILES string of the molecule is C/C=C1\CN2CCC34c5ccc(OC)cc5N(C)C3C2CC1C4C(=O)OC. The third kappa shape index (κ3) is 1.96. The molecule has 144 valence electrons. The Morgan fingerprint density at radius 2 is 2.15 bits per heavy atom. The van der Waals surface area contributed by atoms with E-state index < -0.39 is 0 Å². The lowest BCUT2D eigenvalue weighted by Crippen LogP contribution is -2.72. The number of nitrogens with zero attached hydrogens (tertiary/aromatic N) is 2. The summed E-state index contributed by atoms with van der Waals surface area (Å²) >= 11 is 0. The molecule has 1 aromatic carbocycles. The molecule has 0 N–H and O–H groups in total. The number of ether oxygens (including phenoxy) is 2. The van der Waals surface area contributed by atoms with E-state index in [4.69, 9.17) is 9.47 Å². The molecule has 0 spiro atoms. The first-order chi connectivity index (χ1) is 13.1. The van der Waals surface area contributed by atoms with Gasteiger partial charge in [-0.15, -0.1) is 0 Å². The molecule has 1 aliphatic carbocycles. The number of piperidine rings is 2. The van der Waals surface area contributed by atoms with Gasteiger partial charge in [0.25, 0.3) is 0 Å². The molecule has 5 nitrogen and oxygen atoms in total. The summed E-state index contributed by atoms with van der Waals surface area (Å²) < 4.78 is 10.9. The molecule has 1 saturated carbocycles. The van der Waals surface area contributed by atoms with Gasteiger partial charge in [-0.2, -0.15) is 0 Å². The number of anilines is 1. The highest BCUT2D eigenvalue weighted by Crippen LogP contribution is 2.63. The van der Waals surface area contributed by atoms with E-state index in [9.17, 15) is 4.79 Å². The zero-order valence-corrected chi connectivity index (χ0v) is 16.6. The van der Waals surface area contributed by atoms with Crippen LogP contribution in [-0.4, -0.2) is 57.3 Å². The number of esters is 1. The molecule has 3 fully saturated rings. The summed E-state index contributed by atoms with van der Waals surface area (Å²) in [6.45, 7) is 4.14. The van der Waals surface area contributed by atoms with E-state index in [0.29, 0.717) is 12.1 Å². The van der Waals surface area contributed by atoms with Crippen molar-refractivity contribution < 1.29 is 14.3 Å². The topological polar surface area (TPSA) is 42.0 Å². The van der Waals surface area contributed by atoms with Crippen molar-refractivity contribution in [2.75, 3.05) is 39.3 Å². The molecule has 3 aliphatic heterocycles. The average molecular weight is 368 g/mol. The van der Waals surface area contributed by atoms with Crippen LogP contribution in [0.1, 0.15) is 25.3 Å². The Bertz CT molecular complexity index is 835. The molecule has 0 radical (unpaired) electrons. The van der Waals surface area contributed by atoms with Crippen LogP contribution in [0.15, 0.2) is 29.8 Å². The number of carbonyl (C=O) groups excluding carboxylic acids is 1. The summed E-state index contributed by atoms with van der Waals surface area (Å²) in [5.74, 6) is 0.989. The van der Waals surface area contributed by atoms with Crippen molar-refractivity contribution in [2.24, 2.45) is 11.8 Å². The fourth-order valence-electron chi connectivity index (χ4n) is 6.82. The van der Waals surface area contributed by atoms with Crippen LogP contribution in [0, 0.1) is 11.8 Å². The van der Waals surface area contributed by atoms with Crippen molar-refractivity contribution in [2.45, 2.75) is 37.3 Å². The highest BCUT2D eigenvalue weighted by Gasteiger charge is 2.68. The molecule has 27 heavy (non-hydrogen) atoms. The molecule has 0 amide bonds. The second kappa shape index (κ2) is 5.74. The summed E-state index contributed by atoms with van der Waals surface area (Å²) in [4.78, 5) is 18.2. The minimum Gasteiger partial charge on any atom is -0.497 e.